The topological polar surface area (TPSA) is 116 Å². The maximum Gasteiger partial charge on any atom is 0.265 e. The Morgan fingerprint density at radius 2 is 1.44 bits per heavy atom. The third-order valence-electron chi connectivity index (χ3n) is 8.17. The molecule has 48 heavy (non-hydrogen) atoms. The number of nitrogens with zero attached hydrogens (tertiary/aromatic N) is 2. The Morgan fingerprint density at radius 3 is 2.23 bits per heavy atom. The normalized spacial score (nSPS) is 14.4. The SMILES string of the molecule is O=S(=O)(O)CCCN1C(=Cc2sc3ccc(-c4ccc5ccsc5c4)cc3[n+]2CCCS(=O)(=O)O)Sc2ccc(-c3ccccc3)cc21. The lowest BCUT2D eigenvalue weighted by atomic mass is 10.0. The fraction of sp³-hybridized carbons (Fsp3) is 0.171. The molecule has 0 fully saturated rings. The molecule has 0 saturated carbocycles. The fourth-order valence-electron chi connectivity index (χ4n) is 5.92. The number of aromatic nitrogens is 1. The first-order valence-corrected chi connectivity index (χ1v) is 20.9. The van der Waals surface area contributed by atoms with Crippen LogP contribution in [0.4, 0.5) is 5.69 Å². The Hall–Kier alpha value is -3.56. The number of thiazole rings is 1. The number of anilines is 1. The van der Waals surface area contributed by atoms with Crippen LogP contribution in [0.5, 0.6) is 0 Å². The van der Waals surface area contributed by atoms with Gasteiger partial charge in [-0.05, 0) is 69.8 Å². The number of hydrogen-bond donors (Lipinski definition) is 2. The van der Waals surface area contributed by atoms with Crippen LogP contribution in [0.2, 0.25) is 0 Å². The molecule has 1 aliphatic heterocycles. The van der Waals surface area contributed by atoms with Gasteiger partial charge in [0.2, 0.25) is 5.52 Å². The Bertz CT molecular complexity index is 2400. The lowest BCUT2D eigenvalue weighted by Crippen LogP contribution is -2.36. The van der Waals surface area contributed by atoms with E-state index in [1.165, 1.54) is 10.1 Å². The van der Waals surface area contributed by atoms with E-state index in [2.05, 4.69) is 81.6 Å². The molecule has 0 spiro atoms. The number of benzene rings is 4. The summed E-state index contributed by atoms with van der Waals surface area (Å²) in [5, 5.41) is 5.06. The van der Waals surface area contributed by atoms with E-state index in [1.807, 2.05) is 30.3 Å². The van der Waals surface area contributed by atoms with Crippen LogP contribution in [-0.4, -0.2) is 44.0 Å². The number of hydrogen-bond acceptors (Lipinski definition) is 8. The highest BCUT2D eigenvalue weighted by Crippen LogP contribution is 2.48. The molecule has 6 aromatic rings. The van der Waals surface area contributed by atoms with Crippen molar-refractivity contribution in [3.63, 3.8) is 0 Å². The summed E-state index contributed by atoms with van der Waals surface area (Å²) < 4.78 is 69.8. The van der Waals surface area contributed by atoms with Gasteiger partial charge in [0.05, 0.1) is 28.3 Å². The first-order valence-electron chi connectivity index (χ1n) is 15.2. The van der Waals surface area contributed by atoms with E-state index < -0.39 is 20.2 Å². The van der Waals surface area contributed by atoms with Gasteiger partial charge < -0.3 is 4.90 Å². The van der Waals surface area contributed by atoms with Crippen molar-refractivity contribution in [2.24, 2.45) is 0 Å². The van der Waals surface area contributed by atoms with Gasteiger partial charge in [-0.3, -0.25) is 9.11 Å². The van der Waals surface area contributed by atoms with E-state index in [1.54, 1.807) is 34.4 Å². The molecular weight excluding hydrogens is 705 g/mol. The van der Waals surface area contributed by atoms with Crippen LogP contribution in [0.15, 0.2) is 106 Å². The van der Waals surface area contributed by atoms with E-state index in [4.69, 9.17) is 0 Å². The summed E-state index contributed by atoms with van der Waals surface area (Å²) in [5.74, 6) is -0.708. The average Bonchev–Trinajstić information content (AvgIpc) is 3.75. The van der Waals surface area contributed by atoms with Crippen LogP contribution in [-0.2, 0) is 26.8 Å². The van der Waals surface area contributed by atoms with Crippen molar-refractivity contribution in [1.82, 2.24) is 0 Å². The zero-order chi connectivity index (χ0) is 33.5. The highest BCUT2D eigenvalue weighted by Gasteiger charge is 2.29. The van der Waals surface area contributed by atoms with Crippen LogP contribution in [0.1, 0.15) is 17.8 Å². The first-order chi connectivity index (χ1) is 23.0. The number of thiophene rings is 1. The van der Waals surface area contributed by atoms with E-state index in [-0.39, 0.29) is 24.3 Å². The number of fused-ring (bicyclic) bond motifs is 3. The summed E-state index contributed by atoms with van der Waals surface area (Å²) in [5.41, 5.74) is 6.14. The summed E-state index contributed by atoms with van der Waals surface area (Å²) in [6, 6.07) is 31.1. The molecule has 0 atom stereocenters. The monoisotopic (exact) mass is 735 g/mol. The van der Waals surface area contributed by atoms with Gasteiger partial charge in [-0.2, -0.15) is 21.4 Å². The van der Waals surface area contributed by atoms with Crippen molar-refractivity contribution in [2.75, 3.05) is 23.0 Å². The largest absolute Gasteiger partial charge is 0.335 e. The number of thioether (sulfide) groups is 1. The van der Waals surface area contributed by atoms with Gasteiger partial charge >= 0.3 is 0 Å². The molecule has 2 aromatic heterocycles. The van der Waals surface area contributed by atoms with E-state index in [9.17, 15) is 25.9 Å². The minimum Gasteiger partial charge on any atom is -0.335 e. The van der Waals surface area contributed by atoms with Crippen molar-refractivity contribution in [2.45, 2.75) is 24.3 Å². The molecule has 1 aliphatic rings. The highest BCUT2D eigenvalue weighted by atomic mass is 32.2. The van der Waals surface area contributed by atoms with Gasteiger partial charge in [0.1, 0.15) is 4.70 Å². The van der Waals surface area contributed by atoms with Gasteiger partial charge in [0.25, 0.3) is 25.2 Å². The zero-order valence-electron chi connectivity index (χ0n) is 25.5. The highest BCUT2D eigenvalue weighted by molar-refractivity contribution is 8.04. The van der Waals surface area contributed by atoms with Gasteiger partial charge in [0.15, 0.2) is 6.54 Å². The molecule has 3 heterocycles. The van der Waals surface area contributed by atoms with Crippen LogP contribution in [0.3, 0.4) is 0 Å². The number of rotatable bonds is 11. The van der Waals surface area contributed by atoms with Crippen LogP contribution < -0.4 is 9.47 Å². The van der Waals surface area contributed by atoms with Gasteiger partial charge in [-0.25, -0.2) is 0 Å². The Morgan fingerprint density at radius 1 is 0.729 bits per heavy atom. The second kappa shape index (κ2) is 13.4. The first kappa shape index (κ1) is 33.0. The maximum absolute atomic E-state index is 11.6. The molecule has 8 nitrogen and oxygen atoms in total. The van der Waals surface area contributed by atoms with Crippen molar-refractivity contribution < 1.29 is 30.5 Å². The summed E-state index contributed by atoms with van der Waals surface area (Å²) >= 11 is 4.86. The van der Waals surface area contributed by atoms with E-state index in [0.29, 0.717) is 13.1 Å². The average molecular weight is 736 g/mol. The summed E-state index contributed by atoms with van der Waals surface area (Å²) in [4.78, 5) is 3.12. The Labute approximate surface area is 291 Å². The standard InChI is InChI=1S/C35H30N2O6S5/c38-47(39,40)18-4-15-36-29-20-26(24-6-2-1-3-7-24)10-12-31(29)45-34(36)23-35-37(16-5-19-48(41,42)43)30-21-27(11-13-32(30)46-35)28-9-8-25-14-17-44-33(25)22-28/h1-3,6-14,17,20-23H,4-5,15-16,18-19H2,(H-,38,39,40,41,42,43)/p+1. The predicted molar refractivity (Wildman–Crippen MR) is 198 cm³/mol. The van der Waals surface area contributed by atoms with Gasteiger partial charge in [0, 0.05) is 28.6 Å². The van der Waals surface area contributed by atoms with Crippen molar-refractivity contribution in [3.05, 3.63) is 106 Å². The van der Waals surface area contributed by atoms with Crippen molar-refractivity contribution in [3.8, 4) is 22.3 Å². The van der Waals surface area contributed by atoms with Crippen LogP contribution in [0.25, 0.3) is 48.6 Å². The minimum atomic E-state index is -4.13. The molecule has 0 bridgehead atoms. The predicted octanol–water partition coefficient (Wildman–Crippen LogP) is 8.20. The third-order valence-corrected chi connectivity index (χ3v) is 12.9. The molecule has 246 valence electrons. The molecule has 7 rings (SSSR count). The summed E-state index contributed by atoms with van der Waals surface area (Å²) in [7, 11) is -8.26. The lowest BCUT2D eigenvalue weighted by molar-refractivity contribution is -0.668. The molecule has 0 aliphatic carbocycles. The van der Waals surface area contributed by atoms with E-state index >= 15 is 0 Å². The molecular formula is C35H31N2O6S5+. The Kier molecular flexibility index (Phi) is 9.20. The smallest absolute Gasteiger partial charge is 0.265 e. The zero-order valence-corrected chi connectivity index (χ0v) is 29.6. The van der Waals surface area contributed by atoms with Crippen molar-refractivity contribution >= 4 is 86.7 Å². The minimum absolute atomic E-state index is 0.225. The molecule has 0 amide bonds. The number of aryl methyl sites for hydroxylation is 1. The summed E-state index contributed by atoms with van der Waals surface area (Å²) in [6.07, 6.45) is 2.52. The molecule has 0 unspecified atom stereocenters. The third kappa shape index (κ3) is 7.37. The second-order valence-electron chi connectivity index (χ2n) is 11.5. The quantitative estimate of drug-likeness (QED) is 0.101. The van der Waals surface area contributed by atoms with Crippen molar-refractivity contribution in [1.29, 1.82) is 0 Å². The molecule has 4 aromatic carbocycles. The second-order valence-corrected chi connectivity index (χ2v) is 17.7. The van der Waals surface area contributed by atoms with Crippen LogP contribution in [0, 0.1) is 0 Å². The molecule has 2 N–H and O–H groups in total. The fourth-order valence-corrected chi connectivity index (χ4v) is 10.0. The molecule has 0 saturated heterocycles. The lowest BCUT2D eigenvalue weighted by Gasteiger charge is -2.20. The maximum atomic E-state index is 11.6. The molecule has 0 radical (unpaired) electrons. The van der Waals surface area contributed by atoms with Crippen LogP contribution >= 0.6 is 34.4 Å². The van der Waals surface area contributed by atoms with E-state index in [0.717, 1.165) is 53.1 Å². The van der Waals surface area contributed by atoms with Gasteiger partial charge in [-0.15, -0.1) is 11.3 Å². The summed E-state index contributed by atoms with van der Waals surface area (Å²) in [6.45, 7) is 0.734. The molecule has 13 heteroatoms. The van der Waals surface area contributed by atoms with Gasteiger partial charge in [-0.1, -0.05) is 77.7 Å². The Balaban J connectivity index is 1.30.